The van der Waals surface area contributed by atoms with E-state index in [1.54, 1.807) is 23.7 Å². The van der Waals surface area contributed by atoms with E-state index in [-0.39, 0.29) is 29.2 Å². The number of piperidine rings is 1. The SMILES string of the molecule is CC[C@H](C)[C@H](NC(=O)[C@@H]1CCCN(S(=O)(=O)c2ccc(OC)cc2)C1)C(=O)Nc1nccs1. The van der Waals surface area contributed by atoms with Crippen molar-refractivity contribution in [1.82, 2.24) is 14.6 Å². The van der Waals surface area contributed by atoms with Gasteiger partial charge < -0.3 is 15.4 Å². The summed E-state index contributed by atoms with van der Waals surface area (Å²) in [7, 11) is -2.23. The average Bonchev–Trinajstić information content (AvgIpc) is 3.34. The van der Waals surface area contributed by atoms with Gasteiger partial charge in [-0.3, -0.25) is 9.59 Å². The van der Waals surface area contributed by atoms with Crippen LogP contribution in [0.25, 0.3) is 0 Å². The zero-order valence-electron chi connectivity index (χ0n) is 19.0. The number of thiazole rings is 1. The molecule has 2 N–H and O–H groups in total. The van der Waals surface area contributed by atoms with Gasteiger partial charge in [0.1, 0.15) is 11.8 Å². The molecule has 0 aliphatic carbocycles. The Bertz CT molecular complexity index is 1040. The summed E-state index contributed by atoms with van der Waals surface area (Å²) in [5, 5.41) is 7.84. The average molecular weight is 495 g/mol. The number of amides is 2. The molecule has 1 aliphatic rings. The highest BCUT2D eigenvalue weighted by atomic mass is 32.2. The molecule has 11 heteroatoms. The maximum atomic E-state index is 13.1. The third-order valence-electron chi connectivity index (χ3n) is 5.91. The number of hydrogen-bond donors (Lipinski definition) is 2. The van der Waals surface area contributed by atoms with Crippen molar-refractivity contribution in [3.05, 3.63) is 35.8 Å². The highest BCUT2D eigenvalue weighted by molar-refractivity contribution is 7.89. The smallest absolute Gasteiger partial charge is 0.249 e. The fraction of sp³-hybridized carbons (Fsp3) is 0.500. The number of ether oxygens (including phenoxy) is 1. The van der Waals surface area contributed by atoms with Crippen molar-refractivity contribution in [2.45, 2.75) is 44.0 Å². The van der Waals surface area contributed by atoms with Gasteiger partial charge in [-0.2, -0.15) is 4.31 Å². The number of nitrogens with one attached hydrogen (secondary N) is 2. The highest BCUT2D eigenvalue weighted by Gasteiger charge is 2.35. The monoisotopic (exact) mass is 494 g/mol. The van der Waals surface area contributed by atoms with E-state index in [1.807, 2.05) is 13.8 Å². The number of rotatable bonds is 9. The summed E-state index contributed by atoms with van der Waals surface area (Å²) in [4.78, 5) is 30.1. The second-order valence-electron chi connectivity index (χ2n) is 8.08. The number of hydrogen-bond acceptors (Lipinski definition) is 7. The van der Waals surface area contributed by atoms with Gasteiger partial charge in [0, 0.05) is 24.7 Å². The van der Waals surface area contributed by atoms with Gasteiger partial charge in [0.2, 0.25) is 21.8 Å². The quantitative estimate of drug-likeness (QED) is 0.554. The lowest BCUT2D eigenvalue weighted by Gasteiger charge is -2.32. The molecule has 1 aromatic carbocycles. The number of nitrogens with zero attached hydrogens (tertiary/aromatic N) is 2. The van der Waals surface area contributed by atoms with Crippen LogP contribution in [0.1, 0.15) is 33.1 Å². The highest BCUT2D eigenvalue weighted by Crippen LogP contribution is 2.26. The predicted molar refractivity (Wildman–Crippen MR) is 127 cm³/mol. The second-order valence-corrected chi connectivity index (χ2v) is 10.9. The van der Waals surface area contributed by atoms with Crippen LogP contribution in [-0.2, 0) is 19.6 Å². The molecule has 0 spiro atoms. The minimum Gasteiger partial charge on any atom is -0.497 e. The summed E-state index contributed by atoms with van der Waals surface area (Å²) in [6, 6.07) is 5.46. The zero-order chi connectivity index (χ0) is 24.0. The zero-order valence-corrected chi connectivity index (χ0v) is 20.6. The van der Waals surface area contributed by atoms with E-state index in [9.17, 15) is 18.0 Å². The van der Waals surface area contributed by atoms with Crippen molar-refractivity contribution in [2.24, 2.45) is 11.8 Å². The molecule has 1 aromatic heterocycles. The molecule has 9 nitrogen and oxygen atoms in total. The van der Waals surface area contributed by atoms with Gasteiger partial charge in [-0.15, -0.1) is 11.3 Å². The molecule has 1 saturated heterocycles. The van der Waals surface area contributed by atoms with Crippen molar-refractivity contribution in [3.8, 4) is 5.75 Å². The summed E-state index contributed by atoms with van der Waals surface area (Å²) in [5.41, 5.74) is 0. The lowest BCUT2D eigenvalue weighted by molar-refractivity contribution is -0.131. The number of carbonyl (C=O) groups is 2. The van der Waals surface area contributed by atoms with E-state index >= 15 is 0 Å². The van der Waals surface area contributed by atoms with E-state index in [0.717, 1.165) is 0 Å². The Morgan fingerprint density at radius 1 is 1.30 bits per heavy atom. The van der Waals surface area contributed by atoms with Gasteiger partial charge >= 0.3 is 0 Å². The van der Waals surface area contributed by atoms with E-state index in [1.165, 1.54) is 34.9 Å². The molecule has 2 amide bonds. The Kier molecular flexibility index (Phi) is 8.44. The minimum absolute atomic E-state index is 0.0710. The molecule has 3 rings (SSSR count). The van der Waals surface area contributed by atoms with Crippen LogP contribution >= 0.6 is 11.3 Å². The molecular formula is C22H30N4O5S2. The van der Waals surface area contributed by atoms with E-state index in [0.29, 0.717) is 36.7 Å². The van der Waals surface area contributed by atoms with Crippen molar-refractivity contribution in [3.63, 3.8) is 0 Å². The van der Waals surface area contributed by atoms with Gasteiger partial charge in [-0.25, -0.2) is 13.4 Å². The Morgan fingerprint density at radius 3 is 2.64 bits per heavy atom. The number of methoxy groups -OCH3 is 1. The number of benzene rings is 1. The van der Waals surface area contributed by atoms with E-state index in [4.69, 9.17) is 4.74 Å². The van der Waals surface area contributed by atoms with E-state index in [2.05, 4.69) is 15.6 Å². The number of carbonyl (C=O) groups excluding carboxylic acids is 2. The molecule has 0 unspecified atom stereocenters. The van der Waals surface area contributed by atoms with Gasteiger partial charge in [0.25, 0.3) is 0 Å². The second kappa shape index (κ2) is 11.1. The molecule has 2 heterocycles. The lowest BCUT2D eigenvalue weighted by Crippen LogP contribution is -2.52. The Balaban J connectivity index is 1.69. The van der Waals surface area contributed by atoms with Gasteiger partial charge in [-0.1, -0.05) is 20.3 Å². The summed E-state index contributed by atoms with van der Waals surface area (Å²) in [6.45, 7) is 4.26. The van der Waals surface area contributed by atoms with Crippen LogP contribution in [0.15, 0.2) is 40.7 Å². The van der Waals surface area contributed by atoms with Crippen molar-refractivity contribution >= 4 is 38.3 Å². The molecule has 3 atom stereocenters. The van der Waals surface area contributed by atoms with Crippen molar-refractivity contribution < 1.29 is 22.7 Å². The molecule has 0 radical (unpaired) electrons. The lowest BCUT2D eigenvalue weighted by atomic mass is 9.95. The first-order valence-electron chi connectivity index (χ1n) is 10.9. The van der Waals surface area contributed by atoms with Gasteiger partial charge in [0.15, 0.2) is 5.13 Å². The molecule has 180 valence electrons. The summed E-state index contributed by atoms with van der Waals surface area (Å²) in [6.07, 6.45) is 3.41. The molecule has 1 fully saturated rings. The number of anilines is 1. The van der Waals surface area contributed by atoms with Crippen LogP contribution in [0.5, 0.6) is 5.75 Å². The summed E-state index contributed by atoms with van der Waals surface area (Å²) >= 11 is 1.30. The van der Waals surface area contributed by atoms with Crippen LogP contribution in [0, 0.1) is 11.8 Å². The topological polar surface area (TPSA) is 118 Å². The van der Waals surface area contributed by atoms with Crippen LogP contribution < -0.4 is 15.4 Å². The normalized spacial score (nSPS) is 18.8. The maximum absolute atomic E-state index is 13.1. The first-order chi connectivity index (χ1) is 15.8. The van der Waals surface area contributed by atoms with Gasteiger partial charge in [0.05, 0.1) is 17.9 Å². The molecular weight excluding hydrogens is 464 g/mol. The molecule has 0 saturated carbocycles. The van der Waals surface area contributed by atoms with Crippen LogP contribution in [-0.4, -0.2) is 55.8 Å². The van der Waals surface area contributed by atoms with E-state index < -0.39 is 22.0 Å². The summed E-state index contributed by atoms with van der Waals surface area (Å²) in [5.74, 6) is -0.713. The molecule has 0 bridgehead atoms. The summed E-state index contributed by atoms with van der Waals surface area (Å²) < 4.78 is 32.6. The Labute approximate surface area is 198 Å². The van der Waals surface area contributed by atoms with Crippen molar-refractivity contribution in [1.29, 1.82) is 0 Å². The fourth-order valence-corrected chi connectivity index (χ4v) is 5.77. The first-order valence-corrected chi connectivity index (χ1v) is 13.2. The number of aromatic nitrogens is 1. The maximum Gasteiger partial charge on any atom is 0.249 e. The first kappa shape index (κ1) is 25.1. The molecule has 2 aromatic rings. The Hall–Kier alpha value is -2.50. The van der Waals surface area contributed by atoms with Crippen LogP contribution in [0.4, 0.5) is 5.13 Å². The van der Waals surface area contributed by atoms with Crippen LogP contribution in [0.3, 0.4) is 0 Å². The molecule has 1 aliphatic heterocycles. The standard InChI is InChI=1S/C22H30N4O5S2/c1-4-15(2)19(21(28)25-22-23-11-13-32-22)24-20(27)16-6-5-12-26(14-16)33(29,30)18-9-7-17(31-3)8-10-18/h7-11,13,15-16,19H,4-6,12,14H2,1-3H3,(H,24,27)(H,23,25,28)/t15-,16+,19-/m0/s1. The fourth-order valence-electron chi connectivity index (χ4n) is 3.71. The molecule has 33 heavy (non-hydrogen) atoms. The third-order valence-corrected chi connectivity index (χ3v) is 8.48. The van der Waals surface area contributed by atoms with Gasteiger partial charge in [-0.05, 0) is 43.0 Å². The predicted octanol–water partition coefficient (Wildman–Crippen LogP) is 2.72. The van der Waals surface area contributed by atoms with Crippen LogP contribution in [0.2, 0.25) is 0 Å². The Morgan fingerprint density at radius 2 is 2.03 bits per heavy atom. The largest absolute Gasteiger partial charge is 0.497 e. The minimum atomic E-state index is -3.74. The third kappa shape index (κ3) is 6.10. The van der Waals surface area contributed by atoms with Crippen molar-refractivity contribution in [2.75, 3.05) is 25.5 Å². The number of sulfonamides is 1.